The first kappa shape index (κ1) is 68.3. The Morgan fingerprint density at radius 1 is 0.446 bits per heavy atom. The summed E-state index contributed by atoms with van der Waals surface area (Å²) in [5.41, 5.74) is 0. The predicted molar refractivity (Wildman–Crippen MR) is 293 cm³/mol. The van der Waals surface area contributed by atoms with Gasteiger partial charge in [0.05, 0.1) is 26.4 Å². The molecule has 7 N–H and O–H groups in total. The van der Waals surface area contributed by atoms with Gasteiger partial charge in [-0.2, -0.15) is 0 Å². The van der Waals surface area contributed by atoms with Gasteiger partial charge < -0.3 is 64.2 Å². The van der Waals surface area contributed by atoms with Gasteiger partial charge in [-0.1, -0.05) is 217 Å². The third-order valence-electron chi connectivity index (χ3n) is 14.4. The molecule has 2 fully saturated rings. The first-order chi connectivity index (χ1) is 36.1. The van der Waals surface area contributed by atoms with Crippen molar-refractivity contribution in [3.63, 3.8) is 0 Å². The molecule has 434 valence electrons. The van der Waals surface area contributed by atoms with E-state index in [2.05, 4.69) is 50.3 Å². The maximum Gasteiger partial charge on any atom is 0.306 e. The van der Waals surface area contributed by atoms with Crippen LogP contribution in [-0.2, 0) is 33.2 Å². The molecular formula is C60H110O14. The van der Waals surface area contributed by atoms with E-state index in [-0.39, 0.29) is 25.6 Å². The second-order valence-corrected chi connectivity index (χ2v) is 21.2. The number of ether oxygens (including phenoxy) is 6. The molecule has 0 aromatic rings. The zero-order chi connectivity index (χ0) is 53.7. The Labute approximate surface area is 449 Å². The smallest absolute Gasteiger partial charge is 0.306 e. The molecule has 0 aliphatic carbocycles. The number of unbranched alkanes of at least 4 members (excludes halogenated alkanes) is 29. The van der Waals surface area contributed by atoms with Crippen molar-refractivity contribution in [2.75, 3.05) is 33.0 Å². The van der Waals surface area contributed by atoms with Crippen LogP contribution in [0, 0.1) is 0 Å². The zero-order valence-electron chi connectivity index (χ0n) is 46.6. The van der Waals surface area contributed by atoms with Gasteiger partial charge in [0, 0.05) is 13.0 Å². The highest BCUT2D eigenvalue weighted by Crippen LogP contribution is 2.27. The number of hydrogen-bond acceptors (Lipinski definition) is 14. The normalized spacial score (nSPS) is 25.0. The Balaban J connectivity index is 1.71. The molecule has 2 saturated heterocycles. The Hall–Kier alpha value is -1.79. The first-order valence-corrected chi connectivity index (χ1v) is 30.1. The van der Waals surface area contributed by atoms with Crippen LogP contribution in [0.3, 0.4) is 0 Å². The molecule has 14 heteroatoms. The molecule has 0 spiro atoms. The minimum atomic E-state index is -1.71. The van der Waals surface area contributed by atoms with E-state index in [4.69, 9.17) is 28.4 Å². The van der Waals surface area contributed by atoms with Crippen LogP contribution in [-0.4, -0.2) is 142 Å². The van der Waals surface area contributed by atoms with Crippen LogP contribution in [0.25, 0.3) is 0 Å². The summed E-state index contributed by atoms with van der Waals surface area (Å²) < 4.78 is 34.4. The molecule has 0 aromatic carbocycles. The molecule has 11 unspecified atom stereocenters. The van der Waals surface area contributed by atoms with Gasteiger partial charge in [-0.15, -0.1) is 0 Å². The molecule has 0 radical (unpaired) electrons. The number of hydrogen-bond donors (Lipinski definition) is 7. The monoisotopic (exact) mass is 1050 g/mol. The lowest BCUT2D eigenvalue weighted by Gasteiger charge is -2.42. The van der Waals surface area contributed by atoms with Crippen molar-refractivity contribution in [1.29, 1.82) is 0 Å². The Morgan fingerprint density at radius 2 is 0.838 bits per heavy atom. The molecule has 0 amide bonds. The van der Waals surface area contributed by atoms with Gasteiger partial charge in [0.2, 0.25) is 0 Å². The fourth-order valence-electron chi connectivity index (χ4n) is 9.53. The second kappa shape index (κ2) is 47.2. The minimum absolute atomic E-state index is 0.0577. The molecule has 74 heavy (non-hydrogen) atoms. The fraction of sp³-hybridized carbons (Fsp3) is 0.883. The maximum absolute atomic E-state index is 13.1. The Morgan fingerprint density at radius 3 is 1.34 bits per heavy atom. The number of esters is 1. The van der Waals surface area contributed by atoms with Gasteiger partial charge in [-0.05, 0) is 51.4 Å². The van der Waals surface area contributed by atoms with Gasteiger partial charge in [0.1, 0.15) is 54.9 Å². The second-order valence-electron chi connectivity index (χ2n) is 21.2. The lowest BCUT2D eigenvalue weighted by molar-refractivity contribution is -0.332. The highest BCUT2D eigenvalue weighted by Gasteiger charge is 2.47. The summed E-state index contributed by atoms with van der Waals surface area (Å²) in [7, 11) is 0. The largest absolute Gasteiger partial charge is 0.457 e. The van der Waals surface area contributed by atoms with Crippen LogP contribution in [0.15, 0.2) is 36.5 Å². The summed E-state index contributed by atoms with van der Waals surface area (Å²) in [4.78, 5) is 13.1. The molecule has 2 heterocycles. The first-order valence-electron chi connectivity index (χ1n) is 30.1. The van der Waals surface area contributed by atoms with Gasteiger partial charge in [0.25, 0.3) is 0 Å². The average molecular weight is 1060 g/mol. The van der Waals surface area contributed by atoms with E-state index in [1.165, 1.54) is 154 Å². The van der Waals surface area contributed by atoms with Crippen molar-refractivity contribution in [1.82, 2.24) is 0 Å². The summed E-state index contributed by atoms with van der Waals surface area (Å²) in [6, 6.07) is 0. The molecular weight excluding hydrogens is 945 g/mol. The summed E-state index contributed by atoms with van der Waals surface area (Å²) in [5.74, 6) is -0.375. The molecule has 11 atom stereocenters. The van der Waals surface area contributed by atoms with Crippen molar-refractivity contribution in [2.24, 2.45) is 0 Å². The van der Waals surface area contributed by atoms with Crippen molar-refractivity contribution in [2.45, 2.75) is 306 Å². The fourth-order valence-corrected chi connectivity index (χ4v) is 9.53. The van der Waals surface area contributed by atoms with Crippen LogP contribution < -0.4 is 0 Å². The summed E-state index contributed by atoms with van der Waals surface area (Å²) in [5, 5.41) is 72.4. The van der Waals surface area contributed by atoms with E-state index in [1.54, 1.807) is 0 Å². The standard InChI is InChI=1S/C60H110O14/c1-3-5-7-9-11-13-15-17-19-21-23-25-27-29-31-33-35-37-39-41-43-52(62)72-49(46-69-44-42-40-38-36-34-32-30-28-26-24-22-20-18-16-14-12-10-8-6-4-2)47-70-59-58(68)56(66)54(64)51(74-59)48-71-60-57(67)55(65)53(63)50(45-61)73-60/h12,14,18,20,24,26,49-51,53-61,63-68H,3-11,13,15-17,19,21-23,25,27-48H2,1-2H3/b14-12-,20-18-,26-24-. The van der Waals surface area contributed by atoms with Crippen molar-refractivity contribution < 1.29 is 69.0 Å². The Kier molecular flexibility index (Phi) is 43.6. The van der Waals surface area contributed by atoms with E-state index in [9.17, 15) is 40.5 Å². The number of carbonyl (C=O) groups is 1. The van der Waals surface area contributed by atoms with E-state index in [0.717, 1.165) is 57.8 Å². The quantitative estimate of drug-likeness (QED) is 0.0172. The zero-order valence-corrected chi connectivity index (χ0v) is 46.6. The van der Waals surface area contributed by atoms with Gasteiger partial charge in [0.15, 0.2) is 12.6 Å². The van der Waals surface area contributed by atoms with Gasteiger partial charge in [-0.3, -0.25) is 4.79 Å². The van der Waals surface area contributed by atoms with Crippen molar-refractivity contribution >= 4 is 5.97 Å². The number of allylic oxidation sites excluding steroid dienone is 6. The van der Waals surface area contributed by atoms with Crippen LogP contribution in [0.4, 0.5) is 0 Å². The Bertz CT molecular complexity index is 1360. The van der Waals surface area contributed by atoms with Crippen LogP contribution in [0.2, 0.25) is 0 Å². The average Bonchev–Trinajstić information content (AvgIpc) is 3.40. The molecule has 14 nitrogen and oxygen atoms in total. The highest BCUT2D eigenvalue weighted by molar-refractivity contribution is 5.69. The molecule has 2 aliphatic heterocycles. The molecule has 0 bridgehead atoms. The van der Waals surface area contributed by atoms with E-state index < -0.39 is 80.7 Å². The molecule has 2 rings (SSSR count). The third-order valence-corrected chi connectivity index (χ3v) is 14.4. The lowest BCUT2D eigenvalue weighted by atomic mass is 9.98. The third kappa shape index (κ3) is 33.5. The van der Waals surface area contributed by atoms with E-state index in [1.807, 2.05) is 0 Å². The van der Waals surface area contributed by atoms with Gasteiger partial charge in [-0.25, -0.2) is 0 Å². The van der Waals surface area contributed by atoms with Crippen LogP contribution >= 0.6 is 0 Å². The van der Waals surface area contributed by atoms with Crippen LogP contribution in [0.1, 0.15) is 239 Å². The molecule has 2 aliphatic rings. The number of rotatable bonds is 49. The minimum Gasteiger partial charge on any atom is -0.457 e. The number of aliphatic hydroxyl groups is 7. The van der Waals surface area contributed by atoms with E-state index in [0.29, 0.717) is 13.0 Å². The van der Waals surface area contributed by atoms with E-state index >= 15 is 0 Å². The maximum atomic E-state index is 13.1. The molecule has 0 saturated carbocycles. The topological polar surface area (TPSA) is 214 Å². The summed E-state index contributed by atoms with van der Waals surface area (Å²) in [6.07, 6.45) is 39.1. The SMILES string of the molecule is CCCCC/C=C\C/C=C\C/C=C\CCCCCCCCCOCC(COC1OC(COC2OC(CO)C(O)C(O)C2O)C(O)C(O)C1O)OC(=O)CCCCCCCCCCCCCCCCCCCCCC. The number of carbonyl (C=O) groups excluding carboxylic acids is 1. The summed E-state index contributed by atoms with van der Waals surface area (Å²) >= 11 is 0. The number of aliphatic hydroxyl groups excluding tert-OH is 7. The summed E-state index contributed by atoms with van der Waals surface area (Å²) in [6.45, 7) is 3.68. The van der Waals surface area contributed by atoms with Crippen molar-refractivity contribution in [3.8, 4) is 0 Å². The van der Waals surface area contributed by atoms with Crippen molar-refractivity contribution in [3.05, 3.63) is 36.5 Å². The van der Waals surface area contributed by atoms with Crippen LogP contribution in [0.5, 0.6) is 0 Å². The lowest BCUT2D eigenvalue weighted by Crippen LogP contribution is -2.61. The molecule has 0 aromatic heterocycles. The highest BCUT2D eigenvalue weighted by atomic mass is 16.7. The predicted octanol–water partition coefficient (Wildman–Crippen LogP) is 10.9. The van der Waals surface area contributed by atoms with Gasteiger partial charge >= 0.3 is 5.97 Å².